The van der Waals surface area contributed by atoms with Crippen molar-refractivity contribution in [3.05, 3.63) is 62.4 Å². The second-order valence-electron chi connectivity index (χ2n) is 17.8. The van der Waals surface area contributed by atoms with Crippen molar-refractivity contribution in [3.8, 4) is 0 Å². The third-order valence-corrected chi connectivity index (χ3v) is 18.2. The fourth-order valence-corrected chi connectivity index (χ4v) is 13.9. The van der Waals surface area contributed by atoms with Crippen molar-refractivity contribution in [1.29, 1.82) is 0 Å². The van der Waals surface area contributed by atoms with Gasteiger partial charge in [-0.1, -0.05) is 4.98 Å². The Morgan fingerprint density at radius 1 is 0.818 bits per heavy atom. The Kier molecular flexibility index (Phi) is 16.8. The molecule has 0 saturated carbocycles. The van der Waals surface area contributed by atoms with E-state index in [1.165, 1.54) is 52.4 Å². The maximum Gasteiger partial charge on any atom is 0.490 e. The summed E-state index contributed by atoms with van der Waals surface area (Å²) in [5, 5.41) is 32.8. The van der Waals surface area contributed by atoms with Crippen molar-refractivity contribution < 1.29 is 104 Å². The molecule has 0 bridgehead atoms. The van der Waals surface area contributed by atoms with Gasteiger partial charge in [0.2, 0.25) is 17.7 Å². The number of nitrogens with one attached hydrogen (secondary N) is 2. The Labute approximate surface area is 430 Å². The maximum absolute atomic E-state index is 13.8. The van der Waals surface area contributed by atoms with Gasteiger partial charge < -0.3 is 74.7 Å². The van der Waals surface area contributed by atoms with Crippen LogP contribution < -0.4 is 32.8 Å². The van der Waals surface area contributed by atoms with Crippen LogP contribution in [0.2, 0.25) is 0 Å². The van der Waals surface area contributed by atoms with Crippen molar-refractivity contribution in [2.45, 2.75) is 67.8 Å². The second-order valence-corrected chi connectivity index (χ2v) is 24.4. The molecule has 8 rings (SSSR count). The average molecular weight is 1170 g/mol. The molecule has 3 aliphatic heterocycles. The number of phosphoric acid groups is 3. The lowest BCUT2D eigenvalue weighted by Crippen LogP contribution is -2.45. The van der Waals surface area contributed by atoms with Gasteiger partial charge in [0.15, 0.2) is 30.2 Å². The van der Waals surface area contributed by atoms with Gasteiger partial charge in [-0.3, -0.25) is 51.7 Å². The molecule has 3 fully saturated rings. The number of aromatic nitrogens is 10. The lowest BCUT2D eigenvalue weighted by atomic mass is 9.94. The number of anilines is 2. The Balaban J connectivity index is 0.951. The first-order chi connectivity index (χ1) is 36.0. The van der Waals surface area contributed by atoms with Crippen LogP contribution in [0, 0.1) is 11.8 Å². The number of amides is 1. The maximum atomic E-state index is 13.8. The average Bonchev–Trinajstić information content (AvgIpc) is 4.13. The molecule has 5 aromatic rings. The van der Waals surface area contributed by atoms with Gasteiger partial charge in [0, 0.05) is 51.7 Å². The van der Waals surface area contributed by atoms with Crippen LogP contribution in [0.15, 0.2) is 45.6 Å². The lowest BCUT2D eigenvalue weighted by molar-refractivity contribution is -0.745. The molecule has 3 aliphatic rings. The van der Waals surface area contributed by atoms with Crippen LogP contribution in [0.3, 0.4) is 0 Å². The first-order valence-electron chi connectivity index (χ1n) is 22.4. The molecule has 16 atom stereocenters. The molecule has 41 heteroatoms. The first-order valence-corrected chi connectivity index (χ1v) is 28.6. The van der Waals surface area contributed by atoms with Crippen LogP contribution in [0.4, 0.5) is 11.8 Å². The summed E-state index contributed by atoms with van der Waals surface area (Å²) in [6.07, 6.45) is -12.4. The van der Waals surface area contributed by atoms with Gasteiger partial charge in [-0.25, -0.2) is 38.0 Å². The topological polar surface area (TPSA) is 518 Å². The van der Waals surface area contributed by atoms with E-state index in [0.29, 0.717) is 0 Å². The van der Waals surface area contributed by atoms with Gasteiger partial charge in [-0.05, 0) is 0 Å². The van der Waals surface area contributed by atoms with Crippen LogP contribution in [-0.2, 0) is 71.2 Å². The Morgan fingerprint density at radius 2 is 1.45 bits per heavy atom. The predicted octanol–water partition coefficient (Wildman–Crippen LogP) is -3.83. The number of aliphatic hydroxyl groups is 3. The van der Waals surface area contributed by atoms with E-state index in [1.807, 2.05) is 4.98 Å². The number of imidazole rings is 2. The zero-order valence-electron chi connectivity index (χ0n) is 40.4. The lowest BCUT2D eigenvalue weighted by Gasteiger charge is -2.26. The van der Waals surface area contributed by atoms with Crippen molar-refractivity contribution in [3.63, 3.8) is 0 Å². The minimum atomic E-state index is -6.20. The molecular formula is C36H52N13O24P4+. The molecule has 77 heavy (non-hydrogen) atoms. The van der Waals surface area contributed by atoms with E-state index in [9.17, 15) is 72.3 Å². The zero-order valence-corrected chi connectivity index (χ0v) is 44.0. The summed E-state index contributed by atoms with van der Waals surface area (Å²) >= 11 is 0. The van der Waals surface area contributed by atoms with Crippen LogP contribution in [0.1, 0.15) is 25.1 Å². The summed E-state index contributed by atoms with van der Waals surface area (Å²) < 4.78 is 105. The van der Waals surface area contributed by atoms with Crippen LogP contribution in [-0.4, -0.2) is 179 Å². The minimum absolute atomic E-state index is 0.00425. The third kappa shape index (κ3) is 12.5. The Hall–Kier alpha value is -5.07. The Bertz CT molecular complexity index is 3410. The molecule has 3 saturated heterocycles. The fourth-order valence-electron chi connectivity index (χ4n) is 8.90. The standard InChI is InChI=1S/C36H51N13O24P4/c1-45(2)21(51)7-15-17(69-32(24(15)52)49-14-46(3)23-30(49)43-35(38)44-31(23)55)8-67-75(59,60)72-77(63,64)73-76(61,62)68-9-18-16(27(65-4)34(70-18)48-13-41-22-28(37)39-12-40-29(22)48)11-74(57,58)66-10-19-25(53)26(54)33(71-19)47-6-5-20(50)42-36(47)56/h5-6,12-19,24-27,32-34,52-54H,7-11H2,1-4H3,(H9-,37,38,39,40,42,43,44,50,55,56,57,58,59,60,61,62,63,64)/p+1/t15-,16-,17-,18?,19-,24-,25-,26-,27-,32?,33-,34-/m1/s1. The number of aromatic amines is 2. The second kappa shape index (κ2) is 22.2. The summed E-state index contributed by atoms with van der Waals surface area (Å²) in [6, 6.07) is 0.941. The molecule has 0 aliphatic carbocycles. The number of nitrogens with two attached hydrogens (primary N) is 2. The van der Waals surface area contributed by atoms with E-state index in [4.69, 9.17) is 44.0 Å². The van der Waals surface area contributed by atoms with E-state index < -0.39 is 159 Å². The highest BCUT2D eigenvalue weighted by Gasteiger charge is 2.53. The predicted molar refractivity (Wildman–Crippen MR) is 252 cm³/mol. The molecule has 6 unspecified atom stereocenters. The molecule has 0 radical (unpaired) electrons. The van der Waals surface area contributed by atoms with Crippen molar-refractivity contribution >= 4 is 71.1 Å². The van der Waals surface area contributed by atoms with E-state index in [-0.39, 0.29) is 34.1 Å². The highest BCUT2D eigenvalue weighted by molar-refractivity contribution is 7.66. The van der Waals surface area contributed by atoms with Crippen LogP contribution in [0.5, 0.6) is 0 Å². The Morgan fingerprint density at radius 3 is 2.09 bits per heavy atom. The third-order valence-electron chi connectivity index (χ3n) is 12.5. The number of hydrogen-bond donors (Lipinski definition) is 11. The smallest absolute Gasteiger partial charge is 0.387 e. The van der Waals surface area contributed by atoms with Gasteiger partial charge in [0.1, 0.15) is 42.4 Å². The van der Waals surface area contributed by atoms with E-state index in [1.54, 1.807) is 0 Å². The molecule has 0 aromatic carbocycles. The summed E-state index contributed by atoms with van der Waals surface area (Å²) in [5.41, 5.74) is 9.33. The monoisotopic (exact) mass is 1170 g/mol. The largest absolute Gasteiger partial charge is 0.490 e. The number of H-pyrrole nitrogens is 2. The molecule has 37 nitrogen and oxygen atoms in total. The molecule has 13 N–H and O–H groups in total. The molecule has 1 amide bonds. The van der Waals surface area contributed by atoms with Crippen molar-refractivity contribution in [2.24, 2.45) is 18.9 Å². The van der Waals surface area contributed by atoms with Crippen LogP contribution >= 0.6 is 31.1 Å². The number of aryl methyl sites for hydroxylation is 1. The number of fused-ring (bicyclic) bond motifs is 2. The molecular weight excluding hydrogens is 1120 g/mol. The molecule has 5 aromatic heterocycles. The highest BCUT2D eigenvalue weighted by atomic mass is 31.3. The number of hydrogen-bond acceptors (Lipinski definition) is 26. The summed E-state index contributed by atoms with van der Waals surface area (Å²) in [6.45, 7) is -3.10. The number of carbonyl (C=O) groups is 1. The number of phosphoric ester groups is 2. The van der Waals surface area contributed by atoms with E-state index in [0.717, 1.165) is 30.3 Å². The number of carbonyl (C=O) groups excluding carboxylic acids is 1. The first kappa shape index (κ1) is 58.1. The van der Waals surface area contributed by atoms with Gasteiger partial charge in [-0.15, -0.1) is 0 Å². The zero-order chi connectivity index (χ0) is 56.3. The molecule has 0 spiro atoms. The highest BCUT2D eigenvalue weighted by Crippen LogP contribution is 2.68. The van der Waals surface area contributed by atoms with E-state index >= 15 is 0 Å². The van der Waals surface area contributed by atoms with Crippen LogP contribution in [0.25, 0.3) is 22.3 Å². The number of nitrogens with zero attached hydrogens (tertiary/aromatic N) is 9. The van der Waals surface area contributed by atoms with Gasteiger partial charge in [-0.2, -0.15) is 8.62 Å². The minimum Gasteiger partial charge on any atom is -0.387 e. The van der Waals surface area contributed by atoms with E-state index in [2.05, 4.69) is 33.5 Å². The molecule has 8 heterocycles. The number of methoxy groups -OCH3 is 1. The van der Waals surface area contributed by atoms with Gasteiger partial charge in [0.05, 0.1) is 51.6 Å². The quantitative estimate of drug-likeness (QED) is 0.0248. The van der Waals surface area contributed by atoms with Crippen molar-refractivity contribution in [1.82, 2.24) is 48.5 Å². The van der Waals surface area contributed by atoms with Crippen molar-refractivity contribution in [2.75, 3.05) is 58.7 Å². The number of aliphatic hydroxyl groups excluding tert-OH is 3. The van der Waals surface area contributed by atoms with Gasteiger partial charge in [0.25, 0.3) is 17.1 Å². The van der Waals surface area contributed by atoms with Gasteiger partial charge >= 0.3 is 42.4 Å². The summed E-state index contributed by atoms with van der Waals surface area (Å²) in [4.78, 5) is 114. The number of ether oxygens (including phenoxy) is 4. The normalized spacial score (nSPS) is 29.8. The fraction of sp³-hybridized carbons (Fsp3) is 0.583. The molecule has 424 valence electrons. The number of rotatable bonds is 21. The SMILES string of the molecule is CO[C@@H]1[C@H](CP(=O)(O)OC[C@H]2O[C@@H](n3ccc(=O)[nH]c3=O)[C@H](O)[C@@H]2O)C(COP(=O)(O)OP(=O)(O)OP(=O)(O)OC[C@H]2OC([n+]3cn(C)c4c(=O)[nH]c(N)nc43)[C@H](O)[C@@H]2CC(=O)N(C)C)O[C@H]1n1cnc2c(N)ncnc21. The summed E-state index contributed by atoms with van der Waals surface area (Å²) in [7, 11) is -17.5. The number of nitrogen functional groups attached to an aromatic ring is 2. The summed E-state index contributed by atoms with van der Waals surface area (Å²) in [5.74, 6) is -3.56.